The van der Waals surface area contributed by atoms with Crippen molar-refractivity contribution in [1.29, 1.82) is 0 Å². The molecule has 1 saturated carbocycles. The zero-order valence-corrected chi connectivity index (χ0v) is 14.9. The van der Waals surface area contributed by atoms with Gasteiger partial charge in [0.1, 0.15) is 0 Å². The summed E-state index contributed by atoms with van der Waals surface area (Å²) in [6.07, 6.45) is 4.31. The van der Waals surface area contributed by atoms with E-state index in [1.54, 1.807) is 7.05 Å². The summed E-state index contributed by atoms with van der Waals surface area (Å²) < 4.78 is 0. The molecule has 4 heteroatoms. The Balaban J connectivity index is 2.08. The molecule has 4 nitrogen and oxygen atoms in total. The van der Waals surface area contributed by atoms with Crippen LogP contribution < -0.4 is 5.32 Å². The van der Waals surface area contributed by atoms with E-state index in [0.29, 0.717) is 5.92 Å². The van der Waals surface area contributed by atoms with E-state index < -0.39 is 0 Å². The van der Waals surface area contributed by atoms with Crippen LogP contribution in [0.25, 0.3) is 0 Å². The second-order valence-corrected chi connectivity index (χ2v) is 7.50. The number of nitrogens with one attached hydrogen (secondary N) is 1. The van der Waals surface area contributed by atoms with Gasteiger partial charge in [-0.25, -0.2) is 0 Å². The molecule has 2 rings (SSSR count). The van der Waals surface area contributed by atoms with Gasteiger partial charge in [-0.3, -0.25) is 9.59 Å². The molecule has 0 heterocycles. The number of rotatable bonds is 5. The predicted molar refractivity (Wildman–Crippen MR) is 96.6 cm³/mol. The van der Waals surface area contributed by atoms with Crippen molar-refractivity contribution >= 4 is 11.8 Å². The first-order valence-corrected chi connectivity index (χ1v) is 8.54. The highest BCUT2D eigenvalue weighted by Gasteiger charge is 2.36. The van der Waals surface area contributed by atoms with Gasteiger partial charge in [-0.15, -0.1) is 0 Å². The molecular formula is C20H28N2O2. The van der Waals surface area contributed by atoms with Crippen LogP contribution in [0.15, 0.2) is 43.0 Å². The van der Waals surface area contributed by atoms with Crippen LogP contribution in [0.2, 0.25) is 0 Å². The van der Waals surface area contributed by atoms with Gasteiger partial charge in [-0.05, 0) is 36.3 Å². The molecule has 0 spiro atoms. The van der Waals surface area contributed by atoms with E-state index in [2.05, 4.69) is 37.9 Å². The smallest absolute Gasteiger partial charge is 0.246 e. The molecule has 130 valence electrons. The molecule has 1 aliphatic carbocycles. The number of amides is 2. The Morgan fingerprint density at radius 3 is 2.62 bits per heavy atom. The SMILES string of the molecule is C=CC(=O)N(C)CC(=O)NC1CCC(C)(C)CC1c1ccccc1. The summed E-state index contributed by atoms with van der Waals surface area (Å²) in [5.41, 5.74) is 1.54. The van der Waals surface area contributed by atoms with E-state index in [1.165, 1.54) is 16.5 Å². The van der Waals surface area contributed by atoms with Crippen molar-refractivity contribution < 1.29 is 9.59 Å². The Labute approximate surface area is 144 Å². The third-order valence-electron chi connectivity index (χ3n) is 4.90. The standard InChI is InChI=1S/C20H28N2O2/c1-5-19(24)22(4)14-18(23)21-17-11-12-20(2,3)13-16(17)15-9-7-6-8-10-15/h5-10,16-17H,1,11-14H2,2-4H3,(H,21,23). The third-order valence-corrected chi connectivity index (χ3v) is 4.90. The highest BCUT2D eigenvalue weighted by atomic mass is 16.2. The lowest BCUT2D eigenvalue weighted by Gasteiger charge is -2.41. The number of nitrogens with zero attached hydrogens (tertiary/aromatic N) is 1. The maximum Gasteiger partial charge on any atom is 0.246 e. The van der Waals surface area contributed by atoms with Crippen LogP contribution >= 0.6 is 0 Å². The summed E-state index contributed by atoms with van der Waals surface area (Å²) in [5, 5.41) is 3.15. The lowest BCUT2D eigenvalue weighted by Crippen LogP contribution is -2.47. The van der Waals surface area contributed by atoms with Crippen LogP contribution in [0, 0.1) is 5.41 Å². The first kappa shape index (κ1) is 18.2. The number of hydrogen-bond donors (Lipinski definition) is 1. The fraction of sp³-hybridized carbons (Fsp3) is 0.500. The summed E-state index contributed by atoms with van der Waals surface area (Å²) >= 11 is 0. The molecule has 1 fully saturated rings. The minimum absolute atomic E-state index is 0.0618. The molecule has 0 aromatic heterocycles. The van der Waals surface area contributed by atoms with Gasteiger partial charge in [-0.2, -0.15) is 0 Å². The highest BCUT2D eigenvalue weighted by molar-refractivity contribution is 5.90. The summed E-state index contributed by atoms with van der Waals surface area (Å²) in [6.45, 7) is 8.09. The van der Waals surface area contributed by atoms with Crippen molar-refractivity contribution in [2.75, 3.05) is 13.6 Å². The van der Waals surface area contributed by atoms with E-state index in [4.69, 9.17) is 0 Å². The van der Waals surface area contributed by atoms with E-state index in [-0.39, 0.29) is 29.8 Å². The highest BCUT2D eigenvalue weighted by Crippen LogP contribution is 2.43. The average molecular weight is 328 g/mol. The van der Waals surface area contributed by atoms with Crippen molar-refractivity contribution in [2.24, 2.45) is 5.41 Å². The number of benzene rings is 1. The van der Waals surface area contributed by atoms with Crippen molar-refractivity contribution in [3.8, 4) is 0 Å². The summed E-state index contributed by atoms with van der Waals surface area (Å²) in [5.74, 6) is -0.0489. The average Bonchev–Trinajstić information content (AvgIpc) is 2.56. The van der Waals surface area contributed by atoms with Crippen LogP contribution in [0.3, 0.4) is 0 Å². The van der Waals surface area contributed by atoms with Crippen LogP contribution in [0.5, 0.6) is 0 Å². The van der Waals surface area contributed by atoms with Gasteiger partial charge in [0.15, 0.2) is 0 Å². The van der Waals surface area contributed by atoms with E-state index in [0.717, 1.165) is 19.3 Å². The fourth-order valence-corrected chi connectivity index (χ4v) is 3.51. The zero-order chi connectivity index (χ0) is 17.7. The van der Waals surface area contributed by atoms with Crippen molar-refractivity contribution in [3.05, 3.63) is 48.6 Å². The third kappa shape index (κ3) is 4.70. The number of likely N-dealkylation sites (N-methyl/N-ethyl adjacent to an activating group) is 1. The van der Waals surface area contributed by atoms with E-state index in [9.17, 15) is 9.59 Å². The Morgan fingerprint density at radius 1 is 1.33 bits per heavy atom. The van der Waals surface area contributed by atoms with Crippen LogP contribution in [0.4, 0.5) is 0 Å². The minimum Gasteiger partial charge on any atom is -0.351 e. The Bertz CT molecular complexity index is 595. The van der Waals surface area contributed by atoms with Gasteiger partial charge in [0.25, 0.3) is 0 Å². The second-order valence-electron chi connectivity index (χ2n) is 7.50. The van der Waals surface area contributed by atoms with Gasteiger partial charge < -0.3 is 10.2 Å². The molecule has 0 radical (unpaired) electrons. The second kappa shape index (κ2) is 7.65. The van der Waals surface area contributed by atoms with E-state index in [1.807, 2.05) is 18.2 Å². The van der Waals surface area contributed by atoms with Gasteiger partial charge in [0, 0.05) is 19.0 Å². The molecule has 0 aliphatic heterocycles. The molecule has 24 heavy (non-hydrogen) atoms. The Hall–Kier alpha value is -2.10. The molecule has 2 amide bonds. The maximum absolute atomic E-state index is 12.3. The van der Waals surface area contributed by atoms with Crippen molar-refractivity contribution in [3.63, 3.8) is 0 Å². The van der Waals surface area contributed by atoms with Crippen LogP contribution in [0.1, 0.15) is 44.6 Å². The molecule has 2 atom stereocenters. The zero-order valence-electron chi connectivity index (χ0n) is 14.9. The summed E-state index contributed by atoms with van der Waals surface area (Å²) in [7, 11) is 1.61. The van der Waals surface area contributed by atoms with Crippen LogP contribution in [-0.2, 0) is 9.59 Å². The Morgan fingerprint density at radius 2 is 2.00 bits per heavy atom. The lowest BCUT2D eigenvalue weighted by atomic mass is 9.68. The minimum atomic E-state index is -0.241. The fourth-order valence-electron chi connectivity index (χ4n) is 3.51. The summed E-state index contributed by atoms with van der Waals surface area (Å²) in [4.78, 5) is 25.3. The van der Waals surface area contributed by atoms with E-state index >= 15 is 0 Å². The first-order chi connectivity index (χ1) is 11.3. The quantitative estimate of drug-likeness (QED) is 0.844. The van der Waals surface area contributed by atoms with Gasteiger partial charge in [0.2, 0.25) is 11.8 Å². The molecule has 0 bridgehead atoms. The molecule has 2 unspecified atom stereocenters. The topological polar surface area (TPSA) is 49.4 Å². The van der Waals surface area contributed by atoms with Crippen LogP contribution in [-0.4, -0.2) is 36.3 Å². The largest absolute Gasteiger partial charge is 0.351 e. The molecule has 1 aromatic rings. The molecule has 1 aliphatic rings. The van der Waals surface area contributed by atoms with Gasteiger partial charge >= 0.3 is 0 Å². The number of hydrogen-bond acceptors (Lipinski definition) is 2. The van der Waals surface area contributed by atoms with Crippen molar-refractivity contribution in [1.82, 2.24) is 10.2 Å². The molecule has 0 saturated heterocycles. The molecule has 1 aromatic carbocycles. The van der Waals surface area contributed by atoms with Gasteiger partial charge in [0.05, 0.1) is 6.54 Å². The first-order valence-electron chi connectivity index (χ1n) is 8.54. The summed E-state index contributed by atoms with van der Waals surface area (Å²) in [6, 6.07) is 10.5. The van der Waals surface area contributed by atoms with Crippen molar-refractivity contribution in [2.45, 2.75) is 45.1 Å². The molecular weight excluding hydrogens is 300 g/mol. The normalized spacial score (nSPS) is 22.5. The lowest BCUT2D eigenvalue weighted by molar-refractivity contribution is -0.131. The molecule has 1 N–H and O–H groups in total. The number of carbonyl (C=O) groups excluding carboxylic acids is 2. The predicted octanol–water partition coefficient (Wildman–Crippen LogP) is 3.11. The number of carbonyl (C=O) groups is 2. The maximum atomic E-state index is 12.3. The Kier molecular flexibility index (Phi) is 5.81. The van der Waals surface area contributed by atoms with Gasteiger partial charge in [-0.1, -0.05) is 50.8 Å². The monoisotopic (exact) mass is 328 g/mol.